The van der Waals surface area contributed by atoms with Gasteiger partial charge in [0.05, 0.1) is 18.0 Å². The third kappa shape index (κ3) is 5.16. The summed E-state index contributed by atoms with van der Waals surface area (Å²) in [5.74, 6) is 0.871. The number of carbonyl (C=O) groups excluding carboxylic acids is 1. The summed E-state index contributed by atoms with van der Waals surface area (Å²) in [6.45, 7) is 1.17. The number of aromatic nitrogens is 2. The number of halogens is 1. The van der Waals surface area contributed by atoms with Crippen LogP contribution in [0.4, 0.5) is 10.2 Å². The second-order valence-electron chi connectivity index (χ2n) is 7.21. The van der Waals surface area contributed by atoms with E-state index in [1.165, 1.54) is 17.7 Å². The fourth-order valence-corrected chi connectivity index (χ4v) is 4.27. The molecule has 5 nitrogen and oxygen atoms in total. The summed E-state index contributed by atoms with van der Waals surface area (Å²) in [7, 11) is 0. The Morgan fingerprint density at radius 1 is 1.07 bits per heavy atom. The monoisotopic (exact) mass is 422 g/mol. The van der Waals surface area contributed by atoms with Crippen molar-refractivity contribution in [3.05, 3.63) is 83.9 Å². The molecule has 2 heterocycles. The Hall–Kier alpha value is -2.93. The summed E-state index contributed by atoms with van der Waals surface area (Å²) in [6, 6.07) is 16.6. The average molecular weight is 423 g/mol. The van der Waals surface area contributed by atoms with Crippen LogP contribution >= 0.6 is 11.8 Å². The number of nitrogens with zero attached hydrogens (tertiary/aromatic N) is 3. The fourth-order valence-electron chi connectivity index (χ4n) is 3.46. The number of thioether (sulfide) groups is 1. The van der Waals surface area contributed by atoms with Gasteiger partial charge in [0, 0.05) is 24.9 Å². The molecule has 1 aromatic heterocycles. The van der Waals surface area contributed by atoms with E-state index < -0.39 is 5.82 Å². The lowest BCUT2D eigenvalue weighted by molar-refractivity contribution is 0.0713. The van der Waals surface area contributed by atoms with E-state index >= 15 is 0 Å². The van der Waals surface area contributed by atoms with Gasteiger partial charge in [-0.1, -0.05) is 42.5 Å². The summed E-state index contributed by atoms with van der Waals surface area (Å²) in [6.07, 6.45) is 5.06. The van der Waals surface area contributed by atoms with E-state index in [4.69, 9.17) is 0 Å². The number of amides is 1. The van der Waals surface area contributed by atoms with Crippen LogP contribution in [0.25, 0.3) is 0 Å². The molecule has 0 aliphatic carbocycles. The summed E-state index contributed by atoms with van der Waals surface area (Å²) in [5, 5.41) is 4.30. The zero-order valence-electron chi connectivity index (χ0n) is 16.5. The van der Waals surface area contributed by atoms with Crippen molar-refractivity contribution in [2.24, 2.45) is 0 Å². The summed E-state index contributed by atoms with van der Waals surface area (Å²) in [4.78, 5) is 23.2. The standard InChI is InChI=1S/C23H23FN4OS/c24-20-9-5-4-8-19(20)23(29)28-12-10-18(11-13-28)26-21-14-25-15-22(27-21)30-16-17-6-2-1-3-7-17/h1-9,14-15,18H,10-13,16H2,(H,26,27). The van der Waals surface area contributed by atoms with Crippen molar-refractivity contribution in [1.29, 1.82) is 0 Å². The molecular weight excluding hydrogens is 399 g/mol. The van der Waals surface area contributed by atoms with Crippen molar-refractivity contribution in [3.63, 3.8) is 0 Å². The van der Waals surface area contributed by atoms with Gasteiger partial charge in [-0.2, -0.15) is 0 Å². The highest BCUT2D eigenvalue weighted by Crippen LogP contribution is 2.23. The normalized spacial score (nSPS) is 14.5. The SMILES string of the molecule is O=C(c1ccccc1F)N1CCC(Nc2cncc(SCc3ccccc3)n2)CC1. The quantitative estimate of drug-likeness (QED) is 0.587. The first-order chi connectivity index (χ1) is 14.7. The zero-order chi connectivity index (χ0) is 20.8. The van der Waals surface area contributed by atoms with Gasteiger partial charge < -0.3 is 10.2 Å². The minimum Gasteiger partial charge on any atom is -0.366 e. The zero-order valence-corrected chi connectivity index (χ0v) is 17.3. The van der Waals surface area contributed by atoms with Crippen LogP contribution in [0, 0.1) is 5.82 Å². The van der Waals surface area contributed by atoms with Crippen molar-refractivity contribution < 1.29 is 9.18 Å². The van der Waals surface area contributed by atoms with Crippen LogP contribution in [0.5, 0.6) is 0 Å². The first-order valence-electron chi connectivity index (χ1n) is 9.98. The molecule has 1 aliphatic heterocycles. The minimum absolute atomic E-state index is 0.137. The summed E-state index contributed by atoms with van der Waals surface area (Å²) < 4.78 is 13.9. The molecule has 30 heavy (non-hydrogen) atoms. The van der Waals surface area contributed by atoms with Crippen LogP contribution in [0.1, 0.15) is 28.8 Å². The van der Waals surface area contributed by atoms with Gasteiger partial charge in [-0.3, -0.25) is 9.78 Å². The van der Waals surface area contributed by atoms with E-state index in [-0.39, 0.29) is 17.5 Å². The number of anilines is 1. The molecule has 0 radical (unpaired) electrons. The largest absolute Gasteiger partial charge is 0.366 e. The lowest BCUT2D eigenvalue weighted by atomic mass is 10.0. The third-order valence-electron chi connectivity index (χ3n) is 5.08. The molecule has 0 bridgehead atoms. The lowest BCUT2D eigenvalue weighted by Crippen LogP contribution is -2.42. The smallest absolute Gasteiger partial charge is 0.256 e. The Labute approximate surface area is 179 Å². The van der Waals surface area contributed by atoms with E-state index in [0.717, 1.165) is 29.4 Å². The molecule has 1 amide bonds. The van der Waals surface area contributed by atoms with Gasteiger partial charge in [0.1, 0.15) is 16.7 Å². The van der Waals surface area contributed by atoms with Crippen molar-refractivity contribution in [1.82, 2.24) is 14.9 Å². The molecule has 2 aromatic carbocycles. The number of hydrogen-bond donors (Lipinski definition) is 1. The molecule has 1 N–H and O–H groups in total. The van der Waals surface area contributed by atoms with E-state index in [1.807, 2.05) is 18.2 Å². The molecular formula is C23H23FN4OS. The molecule has 0 saturated carbocycles. The molecule has 1 fully saturated rings. The van der Waals surface area contributed by atoms with E-state index in [2.05, 4.69) is 27.4 Å². The Kier molecular flexibility index (Phi) is 6.59. The number of rotatable bonds is 6. The van der Waals surface area contributed by atoms with E-state index in [0.29, 0.717) is 13.1 Å². The molecule has 0 spiro atoms. The van der Waals surface area contributed by atoms with Crippen LogP contribution in [-0.2, 0) is 5.75 Å². The van der Waals surface area contributed by atoms with Gasteiger partial charge in [-0.15, -0.1) is 11.8 Å². The maximum atomic E-state index is 13.9. The van der Waals surface area contributed by atoms with Gasteiger partial charge >= 0.3 is 0 Å². The number of benzene rings is 2. The number of piperidine rings is 1. The average Bonchev–Trinajstić information content (AvgIpc) is 2.79. The highest BCUT2D eigenvalue weighted by atomic mass is 32.2. The number of hydrogen-bond acceptors (Lipinski definition) is 5. The molecule has 1 saturated heterocycles. The first-order valence-corrected chi connectivity index (χ1v) is 11.0. The van der Waals surface area contributed by atoms with Crippen molar-refractivity contribution in [2.45, 2.75) is 29.7 Å². The number of carbonyl (C=O) groups is 1. The number of nitrogens with one attached hydrogen (secondary N) is 1. The Balaban J connectivity index is 1.30. The highest BCUT2D eigenvalue weighted by Gasteiger charge is 2.25. The summed E-state index contributed by atoms with van der Waals surface area (Å²) in [5.41, 5.74) is 1.38. The maximum Gasteiger partial charge on any atom is 0.256 e. The van der Waals surface area contributed by atoms with Gasteiger partial charge in [0.25, 0.3) is 5.91 Å². The second kappa shape index (κ2) is 9.71. The highest BCUT2D eigenvalue weighted by molar-refractivity contribution is 7.98. The lowest BCUT2D eigenvalue weighted by Gasteiger charge is -2.32. The van der Waals surface area contributed by atoms with Crippen LogP contribution in [0.15, 0.2) is 72.0 Å². The number of likely N-dealkylation sites (tertiary alicyclic amines) is 1. The Morgan fingerprint density at radius 3 is 2.57 bits per heavy atom. The van der Waals surface area contributed by atoms with Crippen LogP contribution in [0.3, 0.4) is 0 Å². The van der Waals surface area contributed by atoms with Crippen molar-refractivity contribution in [2.75, 3.05) is 18.4 Å². The van der Waals surface area contributed by atoms with E-state index in [9.17, 15) is 9.18 Å². The molecule has 7 heteroatoms. The topological polar surface area (TPSA) is 58.1 Å². The van der Waals surface area contributed by atoms with Crippen molar-refractivity contribution in [3.8, 4) is 0 Å². The fraction of sp³-hybridized carbons (Fsp3) is 0.261. The molecule has 0 atom stereocenters. The first kappa shape index (κ1) is 20.3. The van der Waals surface area contributed by atoms with Gasteiger partial charge in [0.15, 0.2) is 0 Å². The molecule has 154 valence electrons. The van der Waals surface area contributed by atoms with E-state index in [1.54, 1.807) is 41.2 Å². The molecule has 3 aromatic rings. The Bertz CT molecular complexity index is 993. The Morgan fingerprint density at radius 2 is 1.80 bits per heavy atom. The van der Waals surface area contributed by atoms with Crippen LogP contribution in [0.2, 0.25) is 0 Å². The third-order valence-corrected chi connectivity index (χ3v) is 6.05. The second-order valence-corrected chi connectivity index (χ2v) is 8.20. The minimum atomic E-state index is -0.470. The molecule has 0 unspecified atom stereocenters. The van der Waals surface area contributed by atoms with Crippen LogP contribution in [-0.4, -0.2) is 39.9 Å². The van der Waals surface area contributed by atoms with Gasteiger partial charge in [-0.05, 0) is 30.5 Å². The molecule has 1 aliphatic rings. The van der Waals surface area contributed by atoms with Gasteiger partial charge in [-0.25, -0.2) is 9.37 Å². The predicted molar refractivity (Wildman–Crippen MR) is 117 cm³/mol. The predicted octanol–water partition coefficient (Wildman–Crippen LogP) is 4.62. The van der Waals surface area contributed by atoms with Gasteiger partial charge in [0.2, 0.25) is 0 Å². The maximum absolute atomic E-state index is 13.9. The van der Waals surface area contributed by atoms with Crippen molar-refractivity contribution >= 4 is 23.5 Å². The summed E-state index contributed by atoms with van der Waals surface area (Å²) >= 11 is 1.65. The van der Waals surface area contributed by atoms with Crippen LogP contribution < -0.4 is 5.32 Å². The molecule has 4 rings (SSSR count).